The van der Waals surface area contributed by atoms with Crippen LogP contribution < -0.4 is 10.6 Å². The van der Waals surface area contributed by atoms with E-state index in [1.54, 1.807) is 0 Å². The van der Waals surface area contributed by atoms with Gasteiger partial charge in [0.1, 0.15) is 0 Å². The predicted molar refractivity (Wildman–Crippen MR) is 63.3 cm³/mol. The van der Waals surface area contributed by atoms with Crippen LogP contribution in [0.5, 0.6) is 0 Å². The van der Waals surface area contributed by atoms with E-state index >= 15 is 0 Å². The maximum absolute atomic E-state index is 5.51. The Morgan fingerprint density at radius 2 is 2.07 bits per heavy atom. The standard InChI is InChI=1S/C9H17N5S/c1-2-3-13-4-6-14(7-5-13)9-11-8(10)12-15-9/h2-7H2,1H3,(H2,10,12). The van der Waals surface area contributed by atoms with E-state index in [0.29, 0.717) is 5.95 Å². The molecule has 0 unspecified atom stereocenters. The van der Waals surface area contributed by atoms with Crippen LogP contribution in [0.25, 0.3) is 0 Å². The second-order valence-corrected chi connectivity index (χ2v) is 4.49. The fourth-order valence-corrected chi connectivity index (χ4v) is 2.48. The summed E-state index contributed by atoms with van der Waals surface area (Å²) in [5, 5.41) is 0.962. The van der Waals surface area contributed by atoms with Crippen LogP contribution in [-0.2, 0) is 0 Å². The average Bonchev–Trinajstić information content (AvgIpc) is 2.67. The fourth-order valence-electron chi connectivity index (χ4n) is 1.83. The van der Waals surface area contributed by atoms with Crippen LogP contribution in [0.3, 0.4) is 0 Å². The first-order chi connectivity index (χ1) is 7.29. The zero-order valence-electron chi connectivity index (χ0n) is 9.02. The highest BCUT2D eigenvalue weighted by Crippen LogP contribution is 2.19. The van der Waals surface area contributed by atoms with Crippen molar-refractivity contribution in [2.75, 3.05) is 43.4 Å². The molecule has 6 heteroatoms. The molecule has 0 atom stereocenters. The van der Waals surface area contributed by atoms with Gasteiger partial charge in [-0.15, -0.1) is 0 Å². The maximum atomic E-state index is 5.51. The zero-order valence-corrected chi connectivity index (χ0v) is 9.83. The highest BCUT2D eigenvalue weighted by atomic mass is 32.1. The van der Waals surface area contributed by atoms with Crippen LogP contribution in [0.15, 0.2) is 0 Å². The lowest BCUT2D eigenvalue weighted by atomic mass is 10.3. The van der Waals surface area contributed by atoms with Gasteiger partial charge in [-0.05, 0) is 13.0 Å². The van der Waals surface area contributed by atoms with Gasteiger partial charge in [-0.2, -0.15) is 9.36 Å². The summed E-state index contributed by atoms with van der Waals surface area (Å²) in [5.41, 5.74) is 5.51. The van der Waals surface area contributed by atoms with Crippen molar-refractivity contribution >= 4 is 22.6 Å². The molecule has 1 aromatic heterocycles. The van der Waals surface area contributed by atoms with Gasteiger partial charge in [0.05, 0.1) is 0 Å². The van der Waals surface area contributed by atoms with Gasteiger partial charge in [-0.3, -0.25) is 4.90 Å². The number of nitrogens with zero attached hydrogens (tertiary/aromatic N) is 4. The van der Waals surface area contributed by atoms with E-state index < -0.39 is 0 Å². The maximum Gasteiger partial charge on any atom is 0.233 e. The summed E-state index contributed by atoms with van der Waals surface area (Å²) < 4.78 is 4.00. The number of aromatic nitrogens is 2. The molecule has 0 spiro atoms. The number of nitrogens with two attached hydrogens (primary N) is 1. The highest BCUT2D eigenvalue weighted by molar-refractivity contribution is 7.09. The summed E-state index contributed by atoms with van der Waals surface area (Å²) in [5.74, 6) is 0.394. The summed E-state index contributed by atoms with van der Waals surface area (Å²) in [4.78, 5) is 8.95. The van der Waals surface area contributed by atoms with E-state index in [2.05, 4.69) is 26.1 Å². The lowest BCUT2D eigenvalue weighted by Gasteiger charge is -2.34. The minimum absolute atomic E-state index is 0.394. The fraction of sp³-hybridized carbons (Fsp3) is 0.778. The van der Waals surface area contributed by atoms with E-state index in [1.807, 2.05) is 0 Å². The summed E-state index contributed by atoms with van der Waals surface area (Å²) in [7, 11) is 0. The van der Waals surface area contributed by atoms with E-state index in [9.17, 15) is 0 Å². The summed E-state index contributed by atoms with van der Waals surface area (Å²) in [6.07, 6.45) is 1.23. The van der Waals surface area contributed by atoms with Crippen LogP contribution in [0.2, 0.25) is 0 Å². The first kappa shape index (κ1) is 10.6. The molecule has 2 heterocycles. The van der Waals surface area contributed by atoms with Gasteiger partial charge in [-0.1, -0.05) is 6.92 Å². The molecule has 0 bridgehead atoms. The van der Waals surface area contributed by atoms with Crippen molar-refractivity contribution in [3.63, 3.8) is 0 Å². The Morgan fingerprint density at radius 3 is 2.60 bits per heavy atom. The van der Waals surface area contributed by atoms with Crippen molar-refractivity contribution in [1.29, 1.82) is 0 Å². The number of rotatable bonds is 3. The number of piperazine rings is 1. The topological polar surface area (TPSA) is 58.3 Å². The number of nitrogen functional groups attached to an aromatic ring is 1. The zero-order chi connectivity index (χ0) is 10.7. The third kappa shape index (κ3) is 2.57. The summed E-state index contributed by atoms with van der Waals surface area (Å²) >= 11 is 1.39. The van der Waals surface area contributed by atoms with E-state index in [4.69, 9.17) is 5.73 Å². The molecule has 15 heavy (non-hydrogen) atoms. The monoisotopic (exact) mass is 227 g/mol. The van der Waals surface area contributed by atoms with Crippen LogP contribution >= 0.6 is 11.5 Å². The largest absolute Gasteiger partial charge is 0.367 e. The van der Waals surface area contributed by atoms with Crippen LogP contribution in [0, 0.1) is 0 Å². The van der Waals surface area contributed by atoms with Crippen LogP contribution in [-0.4, -0.2) is 47.0 Å². The van der Waals surface area contributed by atoms with Gasteiger partial charge in [-0.25, -0.2) is 0 Å². The molecular formula is C9H17N5S. The molecule has 1 saturated heterocycles. The highest BCUT2D eigenvalue weighted by Gasteiger charge is 2.18. The first-order valence-corrected chi connectivity index (χ1v) is 6.13. The minimum atomic E-state index is 0.394. The number of hydrogen-bond acceptors (Lipinski definition) is 6. The van der Waals surface area contributed by atoms with Crippen molar-refractivity contribution in [1.82, 2.24) is 14.3 Å². The Labute approximate surface area is 94.1 Å². The molecule has 1 aromatic rings. The molecule has 2 rings (SSSR count). The Morgan fingerprint density at radius 1 is 1.33 bits per heavy atom. The smallest absolute Gasteiger partial charge is 0.233 e. The van der Waals surface area contributed by atoms with Gasteiger partial charge in [0.25, 0.3) is 0 Å². The molecule has 84 valence electrons. The van der Waals surface area contributed by atoms with Crippen molar-refractivity contribution in [3.05, 3.63) is 0 Å². The summed E-state index contributed by atoms with van der Waals surface area (Å²) in [6, 6.07) is 0. The van der Waals surface area contributed by atoms with Gasteiger partial charge in [0.2, 0.25) is 11.1 Å². The average molecular weight is 227 g/mol. The van der Waals surface area contributed by atoms with E-state index in [0.717, 1.165) is 31.3 Å². The molecule has 2 N–H and O–H groups in total. The van der Waals surface area contributed by atoms with Crippen LogP contribution in [0.1, 0.15) is 13.3 Å². The molecule has 0 saturated carbocycles. The number of hydrogen-bond donors (Lipinski definition) is 1. The lowest BCUT2D eigenvalue weighted by Crippen LogP contribution is -2.46. The van der Waals surface area contributed by atoms with Gasteiger partial charge >= 0.3 is 0 Å². The number of anilines is 2. The Bertz CT molecular complexity index is 305. The molecule has 0 amide bonds. The van der Waals surface area contributed by atoms with Crippen LogP contribution in [0.4, 0.5) is 11.1 Å². The lowest BCUT2D eigenvalue weighted by molar-refractivity contribution is 0.258. The minimum Gasteiger partial charge on any atom is -0.367 e. The van der Waals surface area contributed by atoms with E-state index in [-0.39, 0.29) is 0 Å². The predicted octanol–water partition coefficient (Wildman–Crippen LogP) is 0.652. The Balaban J connectivity index is 1.88. The molecule has 1 aliphatic rings. The van der Waals surface area contributed by atoms with Crippen molar-refractivity contribution < 1.29 is 0 Å². The second kappa shape index (κ2) is 4.76. The molecule has 1 aliphatic heterocycles. The van der Waals surface area contributed by atoms with Gasteiger partial charge in [0.15, 0.2) is 0 Å². The normalized spacial score (nSPS) is 18.3. The van der Waals surface area contributed by atoms with Crippen molar-refractivity contribution in [2.24, 2.45) is 0 Å². The van der Waals surface area contributed by atoms with Crippen molar-refractivity contribution in [2.45, 2.75) is 13.3 Å². The molecule has 5 nitrogen and oxygen atoms in total. The van der Waals surface area contributed by atoms with E-state index in [1.165, 1.54) is 24.5 Å². The molecule has 0 aliphatic carbocycles. The first-order valence-electron chi connectivity index (χ1n) is 5.36. The van der Waals surface area contributed by atoms with Crippen molar-refractivity contribution in [3.8, 4) is 0 Å². The molecular weight excluding hydrogens is 210 g/mol. The SMILES string of the molecule is CCCN1CCN(c2nc(N)ns2)CC1. The van der Waals surface area contributed by atoms with Gasteiger partial charge < -0.3 is 10.6 Å². The Hall–Kier alpha value is -0.880. The third-order valence-electron chi connectivity index (χ3n) is 2.61. The second-order valence-electron chi connectivity index (χ2n) is 3.76. The summed E-state index contributed by atoms with van der Waals surface area (Å²) in [6.45, 7) is 7.73. The molecule has 1 fully saturated rings. The third-order valence-corrected chi connectivity index (χ3v) is 3.40. The van der Waals surface area contributed by atoms with Gasteiger partial charge in [0, 0.05) is 37.7 Å². The quantitative estimate of drug-likeness (QED) is 0.821. The Kier molecular flexibility index (Phi) is 3.37. The molecule has 0 radical (unpaired) electrons. The molecule has 0 aromatic carbocycles.